The van der Waals surface area contributed by atoms with Crippen LogP contribution in [0.3, 0.4) is 0 Å². The Morgan fingerprint density at radius 3 is 3.00 bits per heavy atom. The monoisotopic (exact) mass is 173 g/mol. The molecular formula is C6H11N3OS. The summed E-state index contributed by atoms with van der Waals surface area (Å²) >= 11 is 1.28. The summed E-state index contributed by atoms with van der Waals surface area (Å²) in [5.74, 6) is 5.78. The first-order chi connectivity index (χ1) is 5.25. The van der Waals surface area contributed by atoms with E-state index in [0.717, 1.165) is 5.70 Å². The largest absolute Gasteiger partial charge is 0.305 e. The van der Waals surface area contributed by atoms with Gasteiger partial charge in [0.1, 0.15) is 0 Å². The highest BCUT2D eigenvalue weighted by molar-refractivity contribution is 8.14. The average molecular weight is 173 g/mol. The smallest absolute Gasteiger partial charge is 0.286 e. The molecule has 3 N–H and O–H groups in total. The van der Waals surface area contributed by atoms with E-state index in [9.17, 15) is 4.79 Å². The van der Waals surface area contributed by atoms with Gasteiger partial charge in [0.15, 0.2) is 0 Å². The van der Waals surface area contributed by atoms with E-state index in [-0.39, 0.29) is 5.24 Å². The third-order valence-corrected chi connectivity index (χ3v) is 2.39. The fraction of sp³-hybridized carbons (Fsp3) is 0.500. The lowest BCUT2D eigenvalue weighted by molar-refractivity contribution is 0.238. The zero-order valence-corrected chi connectivity index (χ0v) is 6.99. The Balaban J connectivity index is 2.41. The second-order valence-electron chi connectivity index (χ2n) is 2.23. The Labute approximate surface area is 69.8 Å². The number of nitrogens with zero attached hydrogens (tertiary/aromatic N) is 1. The Hall–Kier alpha value is -0.520. The summed E-state index contributed by atoms with van der Waals surface area (Å²) in [6.45, 7) is 4.97. The number of amides is 1. The van der Waals surface area contributed by atoms with Crippen molar-refractivity contribution in [2.45, 2.75) is 0 Å². The zero-order chi connectivity index (χ0) is 8.27. The van der Waals surface area contributed by atoms with Gasteiger partial charge in [0, 0.05) is 24.5 Å². The van der Waals surface area contributed by atoms with Gasteiger partial charge in [-0.2, -0.15) is 0 Å². The van der Waals surface area contributed by atoms with Crippen molar-refractivity contribution in [1.29, 1.82) is 0 Å². The molecule has 1 aliphatic rings. The van der Waals surface area contributed by atoms with Crippen LogP contribution in [0.15, 0.2) is 12.3 Å². The topological polar surface area (TPSA) is 58.4 Å². The molecule has 4 nitrogen and oxygen atoms in total. The van der Waals surface area contributed by atoms with Gasteiger partial charge >= 0.3 is 0 Å². The third kappa shape index (κ3) is 1.95. The number of hydrogen-bond donors (Lipinski definition) is 2. The third-order valence-electron chi connectivity index (χ3n) is 1.44. The Kier molecular flexibility index (Phi) is 2.92. The van der Waals surface area contributed by atoms with Gasteiger partial charge in [-0.15, -0.1) is 0 Å². The molecule has 1 aliphatic heterocycles. The quantitative estimate of drug-likeness (QED) is 0.470. The van der Waals surface area contributed by atoms with Crippen molar-refractivity contribution < 1.29 is 4.79 Å². The number of carbonyl (C=O) groups excluding carboxylic acids is 1. The van der Waals surface area contributed by atoms with Gasteiger partial charge in [-0.05, 0) is 0 Å². The van der Waals surface area contributed by atoms with E-state index in [1.165, 1.54) is 11.8 Å². The average Bonchev–Trinajstić information content (AvgIpc) is 2.29. The van der Waals surface area contributed by atoms with Gasteiger partial charge in [0.05, 0.1) is 0 Å². The van der Waals surface area contributed by atoms with E-state index in [4.69, 9.17) is 5.84 Å². The summed E-state index contributed by atoms with van der Waals surface area (Å²) in [7, 11) is 0. The number of nitrogens with two attached hydrogens (primary N) is 1. The predicted molar refractivity (Wildman–Crippen MR) is 45.9 cm³/mol. The van der Waals surface area contributed by atoms with E-state index >= 15 is 0 Å². The van der Waals surface area contributed by atoms with Crippen molar-refractivity contribution >= 4 is 17.0 Å². The van der Waals surface area contributed by atoms with E-state index < -0.39 is 0 Å². The lowest BCUT2D eigenvalue weighted by Gasteiger charge is -2.14. The molecule has 0 unspecified atom stereocenters. The molecule has 1 amide bonds. The Bertz CT molecular complexity index is 167. The van der Waals surface area contributed by atoms with Crippen LogP contribution in [0.2, 0.25) is 0 Å². The predicted octanol–water partition coefficient (Wildman–Crippen LogP) is 0.132. The van der Waals surface area contributed by atoms with Gasteiger partial charge < -0.3 is 4.90 Å². The van der Waals surface area contributed by atoms with Gasteiger partial charge in [-0.1, -0.05) is 18.3 Å². The summed E-state index contributed by atoms with van der Waals surface area (Å²) in [4.78, 5) is 12.7. The number of hydrogen-bond acceptors (Lipinski definition) is 4. The standard InChI is InChI=1S/C6H11N3OS/c1-5-4-11-6(10)9(5)3-2-8-7/h8H,1-4,7H2. The van der Waals surface area contributed by atoms with Gasteiger partial charge in [-0.25, -0.2) is 0 Å². The van der Waals surface area contributed by atoms with Gasteiger partial charge in [0.2, 0.25) is 0 Å². The lowest BCUT2D eigenvalue weighted by atomic mass is 10.4. The highest BCUT2D eigenvalue weighted by Gasteiger charge is 2.23. The highest BCUT2D eigenvalue weighted by atomic mass is 32.2. The lowest BCUT2D eigenvalue weighted by Crippen LogP contribution is -2.34. The van der Waals surface area contributed by atoms with E-state index in [2.05, 4.69) is 12.0 Å². The van der Waals surface area contributed by atoms with Crippen LogP contribution in [0.25, 0.3) is 0 Å². The summed E-state index contributed by atoms with van der Waals surface area (Å²) < 4.78 is 0. The first kappa shape index (κ1) is 8.58. The van der Waals surface area contributed by atoms with Crippen LogP contribution in [-0.4, -0.2) is 29.0 Å². The number of rotatable bonds is 3. The van der Waals surface area contributed by atoms with Crippen LogP contribution >= 0.6 is 11.8 Å². The molecule has 62 valence electrons. The van der Waals surface area contributed by atoms with Crippen molar-refractivity contribution in [2.75, 3.05) is 18.8 Å². The van der Waals surface area contributed by atoms with Crippen LogP contribution in [0.1, 0.15) is 0 Å². The van der Waals surface area contributed by atoms with Crippen molar-refractivity contribution in [3.63, 3.8) is 0 Å². The van der Waals surface area contributed by atoms with Crippen molar-refractivity contribution in [2.24, 2.45) is 5.84 Å². The number of nitrogens with one attached hydrogen (secondary N) is 1. The molecule has 0 saturated carbocycles. The van der Waals surface area contributed by atoms with Crippen LogP contribution < -0.4 is 11.3 Å². The molecule has 1 rings (SSSR count). The maximum Gasteiger partial charge on any atom is 0.286 e. The van der Waals surface area contributed by atoms with Crippen molar-refractivity contribution in [1.82, 2.24) is 10.3 Å². The molecule has 0 aliphatic carbocycles. The van der Waals surface area contributed by atoms with Gasteiger partial charge in [0.25, 0.3) is 5.24 Å². The molecule has 1 saturated heterocycles. The molecule has 0 aromatic heterocycles. The number of thioether (sulfide) groups is 1. The summed E-state index contributed by atoms with van der Waals surface area (Å²) in [6, 6.07) is 0. The minimum atomic E-state index is 0.0743. The number of hydrazine groups is 1. The number of carbonyl (C=O) groups is 1. The molecule has 5 heteroatoms. The van der Waals surface area contributed by atoms with E-state index in [1.807, 2.05) is 0 Å². The minimum Gasteiger partial charge on any atom is -0.305 e. The SMILES string of the molecule is C=C1CSC(=O)N1CCNN. The summed E-state index contributed by atoms with van der Waals surface area (Å²) in [5, 5.41) is 0.0743. The van der Waals surface area contributed by atoms with Crippen LogP contribution in [0.5, 0.6) is 0 Å². The molecule has 0 aromatic rings. The van der Waals surface area contributed by atoms with E-state index in [1.54, 1.807) is 4.90 Å². The molecule has 1 heterocycles. The normalized spacial score (nSPS) is 18.1. The Morgan fingerprint density at radius 2 is 2.55 bits per heavy atom. The van der Waals surface area contributed by atoms with Crippen LogP contribution in [0, 0.1) is 0 Å². The zero-order valence-electron chi connectivity index (χ0n) is 6.17. The molecule has 0 aromatic carbocycles. The van der Waals surface area contributed by atoms with Crippen molar-refractivity contribution in [3.8, 4) is 0 Å². The molecule has 11 heavy (non-hydrogen) atoms. The summed E-state index contributed by atoms with van der Waals surface area (Å²) in [6.07, 6.45) is 0. The van der Waals surface area contributed by atoms with Crippen LogP contribution in [-0.2, 0) is 0 Å². The van der Waals surface area contributed by atoms with Crippen LogP contribution in [0.4, 0.5) is 4.79 Å². The fourth-order valence-electron chi connectivity index (χ4n) is 0.856. The minimum absolute atomic E-state index is 0.0743. The van der Waals surface area contributed by atoms with Gasteiger partial charge in [-0.3, -0.25) is 16.1 Å². The summed E-state index contributed by atoms with van der Waals surface area (Å²) in [5.41, 5.74) is 3.36. The molecule has 0 atom stereocenters. The fourth-order valence-corrected chi connectivity index (χ4v) is 1.68. The maximum atomic E-state index is 11.1. The molecule has 1 fully saturated rings. The van der Waals surface area contributed by atoms with E-state index in [0.29, 0.717) is 18.8 Å². The molecule has 0 bridgehead atoms. The van der Waals surface area contributed by atoms with Crippen molar-refractivity contribution in [3.05, 3.63) is 12.3 Å². The maximum absolute atomic E-state index is 11.1. The second kappa shape index (κ2) is 3.75. The Morgan fingerprint density at radius 1 is 1.82 bits per heavy atom. The highest BCUT2D eigenvalue weighted by Crippen LogP contribution is 2.24. The molecule has 0 radical (unpaired) electrons. The first-order valence-electron chi connectivity index (χ1n) is 3.31. The molecule has 0 spiro atoms. The first-order valence-corrected chi connectivity index (χ1v) is 4.30. The molecular weight excluding hydrogens is 162 g/mol. The second-order valence-corrected chi connectivity index (χ2v) is 3.15.